The van der Waals surface area contributed by atoms with Crippen molar-refractivity contribution < 1.29 is 0 Å². The van der Waals surface area contributed by atoms with E-state index in [9.17, 15) is 0 Å². The molecule has 1 heterocycles. The quantitative estimate of drug-likeness (QED) is 0.759. The van der Waals surface area contributed by atoms with Crippen molar-refractivity contribution in [1.82, 2.24) is 0 Å². The molecular weight excluding hydrogens is 218 g/mol. The molecule has 92 valence electrons. The Balaban J connectivity index is 2.10. The van der Waals surface area contributed by atoms with Crippen LogP contribution in [0.25, 0.3) is 11.1 Å². The second kappa shape index (κ2) is 4.49. The zero-order valence-electron chi connectivity index (χ0n) is 11.1. The van der Waals surface area contributed by atoms with Crippen LogP contribution in [0.1, 0.15) is 19.4 Å². The standard InChI is InChI=1S/C17H19N/c1-13(2)18-12-11-16-15(9-6-10-17(16)18)14-7-4-3-5-8-14/h3-10,13H,11-12H2,1-2H3. The third-order valence-corrected chi connectivity index (χ3v) is 3.77. The first kappa shape index (κ1) is 11.3. The summed E-state index contributed by atoms with van der Waals surface area (Å²) in [5, 5.41) is 0. The average Bonchev–Trinajstić information content (AvgIpc) is 2.83. The molecule has 18 heavy (non-hydrogen) atoms. The van der Waals surface area contributed by atoms with Crippen LogP contribution in [-0.2, 0) is 6.42 Å². The zero-order chi connectivity index (χ0) is 12.5. The normalized spacial score (nSPS) is 14.1. The molecule has 1 nitrogen and oxygen atoms in total. The second-order valence-corrected chi connectivity index (χ2v) is 5.21. The van der Waals surface area contributed by atoms with E-state index in [2.05, 4.69) is 67.3 Å². The topological polar surface area (TPSA) is 3.24 Å². The maximum absolute atomic E-state index is 2.50. The van der Waals surface area contributed by atoms with Gasteiger partial charge in [0.15, 0.2) is 0 Å². The first-order valence-electron chi connectivity index (χ1n) is 6.71. The highest BCUT2D eigenvalue weighted by atomic mass is 15.2. The highest BCUT2D eigenvalue weighted by Crippen LogP contribution is 2.36. The molecule has 0 saturated heterocycles. The summed E-state index contributed by atoms with van der Waals surface area (Å²) in [6.07, 6.45) is 1.17. The Morgan fingerprint density at radius 3 is 2.44 bits per heavy atom. The number of hydrogen-bond donors (Lipinski definition) is 0. The summed E-state index contributed by atoms with van der Waals surface area (Å²) >= 11 is 0. The molecule has 0 spiro atoms. The molecule has 1 aliphatic rings. The number of rotatable bonds is 2. The van der Waals surface area contributed by atoms with Crippen molar-refractivity contribution in [3.05, 3.63) is 54.1 Å². The molecule has 0 unspecified atom stereocenters. The highest BCUT2D eigenvalue weighted by Gasteiger charge is 2.23. The predicted octanol–water partition coefficient (Wildman–Crippen LogP) is 4.12. The van der Waals surface area contributed by atoms with Crippen molar-refractivity contribution >= 4 is 5.69 Å². The molecule has 2 aromatic carbocycles. The summed E-state index contributed by atoms with van der Waals surface area (Å²) in [5.74, 6) is 0. The van der Waals surface area contributed by atoms with Crippen LogP contribution >= 0.6 is 0 Å². The van der Waals surface area contributed by atoms with E-state index >= 15 is 0 Å². The molecule has 0 amide bonds. The molecule has 0 bridgehead atoms. The fourth-order valence-corrected chi connectivity index (χ4v) is 2.88. The summed E-state index contributed by atoms with van der Waals surface area (Å²) in [5.41, 5.74) is 5.67. The molecule has 1 aliphatic heterocycles. The van der Waals surface area contributed by atoms with Crippen molar-refractivity contribution in [2.75, 3.05) is 11.4 Å². The highest BCUT2D eigenvalue weighted by molar-refractivity contribution is 5.76. The van der Waals surface area contributed by atoms with Crippen molar-refractivity contribution in [3.8, 4) is 11.1 Å². The van der Waals surface area contributed by atoms with Gasteiger partial charge in [-0.15, -0.1) is 0 Å². The van der Waals surface area contributed by atoms with Gasteiger partial charge in [0.2, 0.25) is 0 Å². The van der Waals surface area contributed by atoms with Gasteiger partial charge in [0, 0.05) is 18.3 Å². The molecule has 0 saturated carbocycles. The minimum absolute atomic E-state index is 0.581. The molecule has 0 radical (unpaired) electrons. The SMILES string of the molecule is CC(C)N1CCc2c(-c3ccccc3)cccc21. The lowest BCUT2D eigenvalue weighted by Gasteiger charge is -2.24. The van der Waals surface area contributed by atoms with Crippen molar-refractivity contribution in [1.29, 1.82) is 0 Å². The maximum atomic E-state index is 2.50. The molecule has 3 rings (SSSR count). The van der Waals surface area contributed by atoms with Gasteiger partial charge in [0.25, 0.3) is 0 Å². The molecule has 0 aliphatic carbocycles. The third kappa shape index (κ3) is 1.80. The first-order valence-corrected chi connectivity index (χ1v) is 6.71. The molecule has 2 aromatic rings. The fraction of sp³-hybridized carbons (Fsp3) is 0.294. The van der Waals surface area contributed by atoms with Gasteiger partial charge in [0.1, 0.15) is 0 Å². The lowest BCUT2D eigenvalue weighted by molar-refractivity contribution is 0.710. The van der Waals surface area contributed by atoms with Crippen LogP contribution in [0.15, 0.2) is 48.5 Å². The lowest BCUT2D eigenvalue weighted by Crippen LogP contribution is -2.28. The summed E-state index contributed by atoms with van der Waals surface area (Å²) in [6.45, 7) is 5.69. The van der Waals surface area contributed by atoms with Crippen LogP contribution in [0.2, 0.25) is 0 Å². The van der Waals surface area contributed by atoms with E-state index in [0.29, 0.717) is 6.04 Å². The van der Waals surface area contributed by atoms with Gasteiger partial charge in [-0.3, -0.25) is 0 Å². The molecule has 0 atom stereocenters. The minimum atomic E-state index is 0.581. The largest absolute Gasteiger partial charge is 0.369 e. The predicted molar refractivity (Wildman–Crippen MR) is 78.1 cm³/mol. The van der Waals surface area contributed by atoms with E-state index in [1.54, 1.807) is 0 Å². The number of fused-ring (bicyclic) bond motifs is 1. The van der Waals surface area contributed by atoms with Gasteiger partial charge in [-0.25, -0.2) is 0 Å². The summed E-state index contributed by atoms with van der Waals surface area (Å²) in [6, 6.07) is 18.0. The Bertz CT molecular complexity index is 543. The van der Waals surface area contributed by atoms with E-state index in [-0.39, 0.29) is 0 Å². The van der Waals surface area contributed by atoms with Crippen molar-refractivity contribution in [3.63, 3.8) is 0 Å². The van der Waals surface area contributed by atoms with Crippen molar-refractivity contribution in [2.24, 2.45) is 0 Å². The minimum Gasteiger partial charge on any atom is -0.369 e. The monoisotopic (exact) mass is 237 g/mol. The lowest BCUT2D eigenvalue weighted by atomic mass is 9.98. The van der Waals surface area contributed by atoms with Gasteiger partial charge < -0.3 is 4.90 Å². The van der Waals surface area contributed by atoms with Crippen LogP contribution in [-0.4, -0.2) is 12.6 Å². The molecule has 0 fully saturated rings. The van der Waals surface area contributed by atoms with Crippen molar-refractivity contribution in [2.45, 2.75) is 26.3 Å². The summed E-state index contributed by atoms with van der Waals surface area (Å²) in [4.78, 5) is 2.50. The van der Waals surface area contributed by atoms with Crippen LogP contribution in [0, 0.1) is 0 Å². The molecule has 1 heteroatoms. The first-order chi connectivity index (χ1) is 8.77. The van der Waals surface area contributed by atoms with Gasteiger partial charge in [0.05, 0.1) is 0 Å². The molecular formula is C17H19N. The zero-order valence-corrected chi connectivity index (χ0v) is 11.1. The average molecular weight is 237 g/mol. The number of anilines is 1. The smallest absolute Gasteiger partial charge is 0.0408 e. The summed E-state index contributed by atoms with van der Waals surface area (Å²) < 4.78 is 0. The third-order valence-electron chi connectivity index (χ3n) is 3.77. The van der Waals surface area contributed by atoms with E-state index in [4.69, 9.17) is 0 Å². The number of benzene rings is 2. The Morgan fingerprint density at radius 2 is 1.72 bits per heavy atom. The van der Waals surface area contributed by atoms with E-state index in [1.165, 1.54) is 28.8 Å². The summed E-state index contributed by atoms with van der Waals surface area (Å²) in [7, 11) is 0. The van der Waals surface area contributed by atoms with Crippen LogP contribution < -0.4 is 4.90 Å². The maximum Gasteiger partial charge on any atom is 0.0408 e. The van der Waals surface area contributed by atoms with Crippen LogP contribution in [0.5, 0.6) is 0 Å². The second-order valence-electron chi connectivity index (χ2n) is 5.21. The molecule has 0 aromatic heterocycles. The van der Waals surface area contributed by atoms with Gasteiger partial charge in [-0.1, -0.05) is 42.5 Å². The number of hydrogen-bond acceptors (Lipinski definition) is 1. The van der Waals surface area contributed by atoms with Gasteiger partial charge in [-0.2, -0.15) is 0 Å². The van der Waals surface area contributed by atoms with Gasteiger partial charge >= 0.3 is 0 Å². The number of nitrogens with zero attached hydrogens (tertiary/aromatic N) is 1. The Hall–Kier alpha value is -1.76. The molecule has 0 N–H and O–H groups in total. The Morgan fingerprint density at radius 1 is 0.944 bits per heavy atom. The van der Waals surface area contributed by atoms with Crippen LogP contribution in [0.3, 0.4) is 0 Å². The van der Waals surface area contributed by atoms with E-state index in [1.807, 2.05) is 0 Å². The van der Waals surface area contributed by atoms with Gasteiger partial charge in [-0.05, 0) is 43.0 Å². The van der Waals surface area contributed by atoms with E-state index in [0.717, 1.165) is 6.54 Å². The Labute approximate surface area is 109 Å². The van der Waals surface area contributed by atoms with E-state index < -0.39 is 0 Å². The Kier molecular flexibility index (Phi) is 2.83. The van der Waals surface area contributed by atoms with Crippen LogP contribution in [0.4, 0.5) is 5.69 Å². The fourth-order valence-electron chi connectivity index (χ4n) is 2.88.